The second kappa shape index (κ2) is 9.64. The van der Waals surface area contributed by atoms with Crippen molar-refractivity contribution in [3.05, 3.63) is 124 Å². The molecule has 9 rings (SSSR count). The lowest BCUT2D eigenvalue weighted by Crippen LogP contribution is -2.41. The van der Waals surface area contributed by atoms with Gasteiger partial charge in [0.05, 0.1) is 23.4 Å². The highest BCUT2D eigenvalue weighted by atomic mass is 35.5. The van der Waals surface area contributed by atoms with Crippen LogP contribution in [0, 0.1) is 17.8 Å². The number of amides is 3. The first-order chi connectivity index (χ1) is 20.9. The first kappa shape index (κ1) is 25.9. The highest BCUT2D eigenvalue weighted by molar-refractivity contribution is 6.30. The van der Waals surface area contributed by atoms with Crippen LogP contribution >= 0.6 is 11.6 Å². The molecule has 0 saturated carbocycles. The molecule has 0 unspecified atom stereocenters. The molecule has 2 aliphatic heterocycles. The number of carbonyl (C=O) groups excluding carboxylic acids is 4. The third-order valence-corrected chi connectivity index (χ3v) is 9.59. The lowest BCUT2D eigenvalue weighted by atomic mass is 9.55. The molecule has 0 radical (unpaired) electrons. The third kappa shape index (κ3) is 3.88. The largest absolute Gasteiger partial charge is 0.426 e. The normalized spacial score (nSPS) is 25.0. The quantitative estimate of drug-likeness (QED) is 0.174. The van der Waals surface area contributed by atoms with E-state index in [1.807, 2.05) is 24.3 Å². The van der Waals surface area contributed by atoms with Crippen LogP contribution in [0.25, 0.3) is 0 Å². The molecule has 0 spiro atoms. The molecule has 2 saturated heterocycles. The Morgan fingerprint density at radius 2 is 1.26 bits per heavy atom. The van der Waals surface area contributed by atoms with Crippen LogP contribution in [0.5, 0.6) is 5.75 Å². The fraction of sp³-hybridized carbons (Fsp3) is 0.200. The van der Waals surface area contributed by atoms with Crippen molar-refractivity contribution in [1.82, 2.24) is 0 Å². The van der Waals surface area contributed by atoms with Crippen LogP contribution in [0.2, 0.25) is 5.02 Å². The number of anilines is 2. The van der Waals surface area contributed by atoms with Gasteiger partial charge in [-0.15, -0.1) is 0 Å². The molecule has 212 valence electrons. The molecular weight excluding hydrogens is 564 g/mol. The summed E-state index contributed by atoms with van der Waals surface area (Å²) in [7, 11) is 0. The fourth-order valence-corrected chi connectivity index (χ4v) is 7.68. The summed E-state index contributed by atoms with van der Waals surface area (Å²) in [5.41, 5.74) is 5.47. The molecule has 4 aromatic carbocycles. The van der Waals surface area contributed by atoms with E-state index in [4.69, 9.17) is 16.3 Å². The van der Waals surface area contributed by atoms with Gasteiger partial charge in [0.2, 0.25) is 17.7 Å². The van der Waals surface area contributed by atoms with E-state index in [-0.39, 0.29) is 48.3 Å². The van der Waals surface area contributed by atoms with Gasteiger partial charge >= 0.3 is 5.97 Å². The Bertz CT molecular complexity index is 1740. The topological polar surface area (TPSA) is 84.0 Å². The first-order valence-corrected chi connectivity index (χ1v) is 14.7. The van der Waals surface area contributed by atoms with E-state index in [9.17, 15) is 19.2 Å². The van der Waals surface area contributed by atoms with Crippen LogP contribution in [0.15, 0.2) is 97.1 Å². The average Bonchev–Trinajstić information content (AvgIpc) is 3.54. The molecule has 2 bridgehead atoms. The Labute approximate surface area is 252 Å². The molecule has 7 nitrogen and oxygen atoms in total. The summed E-state index contributed by atoms with van der Waals surface area (Å²) in [6.45, 7) is 0.190. The van der Waals surface area contributed by atoms with E-state index in [1.54, 1.807) is 53.4 Å². The molecule has 2 heterocycles. The summed E-state index contributed by atoms with van der Waals surface area (Å²) < 4.78 is 5.71. The zero-order valence-electron chi connectivity index (χ0n) is 22.9. The maximum atomic E-state index is 14.1. The number of benzene rings is 4. The third-order valence-electron chi connectivity index (χ3n) is 9.34. The van der Waals surface area contributed by atoms with Crippen molar-refractivity contribution in [2.45, 2.75) is 18.3 Å². The molecule has 3 amide bonds. The first-order valence-electron chi connectivity index (χ1n) is 14.3. The van der Waals surface area contributed by atoms with Crippen LogP contribution in [0.4, 0.5) is 11.4 Å². The monoisotopic (exact) mass is 588 g/mol. The van der Waals surface area contributed by atoms with Gasteiger partial charge in [0.1, 0.15) is 5.75 Å². The van der Waals surface area contributed by atoms with E-state index in [1.165, 1.54) is 4.90 Å². The van der Waals surface area contributed by atoms with Crippen molar-refractivity contribution in [2.75, 3.05) is 16.3 Å². The summed E-state index contributed by atoms with van der Waals surface area (Å²) in [6.07, 6.45) is 0.0253. The van der Waals surface area contributed by atoms with Crippen molar-refractivity contribution >= 4 is 46.7 Å². The summed E-state index contributed by atoms with van der Waals surface area (Å²) >= 11 is 5.97. The van der Waals surface area contributed by atoms with Gasteiger partial charge in [-0.1, -0.05) is 66.2 Å². The number of rotatable bonds is 4. The number of halogens is 1. The molecule has 4 aromatic rings. The SMILES string of the molecule is O=C(Oc1cccc(N2C(=O)[C@@H]3C4c5ccccc5C(c5ccccc54)[C@H]3C2=O)c1)[C@@H]1CC(=O)N(c2ccc(Cl)cc2)C1. The fourth-order valence-electron chi connectivity index (χ4n) is 7.55. The van der Waals surface area contributed by atoms with Gasteiger partial charge in [-0.25, -0.2) is 4.90 Å². The number of hydrogen-bond acceptors (Lipinski definition) is 5. The number of hydrogen-bond donors (Lipinski definition) is 0. The number of carbonyl (C=O) groups is 4. The molecule has 8 heteroatoms. The van der Waals surface area contributed by atoms with Gasteiger partial charge in [-0.3, -0.25) is 19.2 Å². The predicted molar refractivity (Wildman–Crippen MR) is 160 cm³/mol. The Balaban J connectivity index is 1.06. The Hall–Kier alpha value is -4.75. The molecule has 3 aliphatic carbocycles. The predicted octanol–water partition coefficient (Wildman–Crippen LogP) is 5.70. The van der Waals surface area contributed by atoms with Crippen LogP contribution < -0.4 is 14.5 Å². The van der Waals surface area contributed by atoms with E-state index >= 15 is 0 Å². The summed E-state index contributed by atoms with van der Waals surface area (Å²) in [5.74, 6) is -3.04. The second-order valence-corrected chi connectivity index (χ2v) is 12.0. The minimum atomic E-state index is -0.655. The van der Waals surface area contributed by atoms with Crippen LogP contribution in [0.1, 0.15) is 40.5 Å². The van der Waals surface area contributed by atoms with Crippen LogP contribution in [-0.2, 0) is 19.2 Å². The summed E-state index contributed by atoms with van der Waals surface area (Å²) in [5, 5.41) is 0.558. The van der Waals surface area contributed by atoms with Gasteiger partial charge in [0, 0.05) is 41.6 Å². The van der Waals surface area contributed by atoms with Gasteiger partial charge in [0.15, 0.2) is 0 Å². The number of nitrogens with zero attached hydrogens (tertiary/aromatic N) is 2. The lowest BCUT2D eigenvalue weighted by molar-refractivity contribution is -0.139. The van der Waals surface area contributed by atoms with Crippen molar-refractivity contribution in [2.24, 2.45) is 17.8 Å². The van der Waals surface area contributed by atoms with Crippen molar-refractivity contribution in [3.8, 4) is 5.75 Å². The van der Waals surface area contributed by atoms with Crippen LogP contribution in [0.3, 0.4) is 0 Å². The smallest absolute Gasteiger partial charge is 0.316 e. The zero-order chi connectivity index (χ0) is 29.4. The van der Waals surface area contributed by atoms with Crippen molar-refractivity contribution in [3.63, 3.8) is 0 Å². The molecule has 5 aliphatic rings. The van der Waals surface area contributed by atoms with Gasteiger partial charge < -0.3 is 9.64 Å². The molecule has 0 N–H and O–H groups in total. The standard InChI is InChI=1S/C35H25ClN2O5/c36-20-12-14-21(15-13-20)37-18-19(16-28(37)39)35(42)43-23-7-5-6-22(17-23)38-33(40)31-29-24-8-1-2-9-25(24)30(32(31)34(38)41)27-11-4-3-10-26(27)29/h1-15,17,19,29-32H,16,18H2/t19-,29?,30?,31-,32-/m1/s1. The Morgan fingerprint density at radius 3 is 1.81 bits per heavy atom. The number of esters is 1. The Morgan fingerprint density at radius 1 is 0.698 bits per heavy atom. The van der Waals surface area contributed by atoms with E-state index in [0.29, 0.717) is 16.4 Å². The molecule has 3 atom stereocenters. The highest BCUT2D eigenvalue weighted by Crippen LogP contribution is 2.61. The number of ether oxygens (including phenoxy) is 1. The highest BCUT2D eigenvalue weighted by Gasteiger charge is 2.61. The van der Waals surface area contributed by atoms with Gasteiger partial charge in [-0.05, 0) is 58.7 Å². The summed E-state index contributed by atoms with van der Waals surface area (Å²) in [4.78, 5) is 56.8. The molecule has 43 heavy (non-hydrogen) atoms. The lowest BCUT2D eigenvalue weighted by Gasteiger charge is -2.45. The average molecular weight is 589 g/mol. The molecule has 0 aromatic heterocycles. The molecular formula is C35H25ClN2O5. The maximum absolute atomic E-state index is 14.1. The van der Waals surface area contributed by atoms with E-state index in [2.05, 4.69) is 24.3 Å². The second-order valence-electron chi connectivity index (χ2n) is 11.6. The minimum absolute atomic E-state index is 0.0253. The zero-order valence-corrected chi connectivity index (χ0v) is 23.6. The van der Waals surface area contributed by atoms with Gasteiger partial charge in [0.25, 0.3) is 0 Å². The van der Waals surface area contributed by atoms with E-state index in [0.717, 1.165) is 22.3 Å². The minimum Gasteiger partial charge on any atom is -0.426 e. The van der Waals surface area contributed by atoms with Crippen molar-refractivity contribution in [1.29, 1.82) is 0 Å². The summed E-state index contributed by atoms with van der Waals surface area (Å²) in [6, 6.07) is 29.6. The maximum Gasteiger partial charge on any atom is 0.316 e. The number of imide groups is 1. The molecule has 2 fully saturated rings. The van der Waals surface area contributed by atoms with Gasteiger partial charge in [-0.2, -0.15) is 0 Å². The Kier molecular flexibility index (Phi) is 5.81. The van der Waals surface area contributed by atoms with Crippen molar-refractivity contribution < 1.29 is 23.9 Å². The van der Waals surface area contributed by atoms with Crippen LogP contribution in [-0.4, -0.2) is 30.2 Å². The van der Waals surface area contributed by atoms with E-state index < -0.39 is 23.7 Å².